The lowest BCUT2D eigenvalue weighted by molar-refractivity contribution is -0.120. The van der Waals surface area contributed by atoms with Gasteiger partial charge in [-0.3, -0.25) is 9.36 Å². The maximum Gasteiger partial charge on any atom is 0.231 e. The molecule has 0 aliphatic rings. The van der Waals surface area contributed by atoms with E-state index in [4.69, 9.17) is 11.6 Å². The maximum atomic E-state index is 12.5. The Kier molecular flexibility index (Phi) is 7.37. The zero-order chi connectivity index (χ0) is 22.4. The number of nitrogens with zero attached hydrogens (tertiary/aromatic N) is 4. The minimum absolute atomic E-state index is 0.0139. The summed E-state index contributed by atoms with van der Waals surface area (Å²) in [5.41, 5.74) is 0.942. The predicted octanol–water partition coefficient (Wildman–Crippen LogP) is 4.79. The summed E-state index contributed by atoms with van der Waals surface area (Å²) in [5.74, 6) is 0.525. The summed E-state index contributed by atoms with van der Waals surface area (Å²) in [4.78, 5) is 12.5. The van der Waals surface area contributed by atoms with Gasteiger partial charge in [0.1, 0.15) is 5.54 Å². The molecule has 0 saturated carbocycles. The van der Waals surface area contributed by atoms with Crippen molar-refractivity contribution in [2.45, 2.75) is 38.0 Å². The van der Waals surface area contributed by atoms with Gasteiger partial charge in [-0.25, -0.2) is 0 Å². The van der Waals surface area contributed by atoms with Crippen molar-refractivity contribution in [3.63, 3.8) is 0 Å². The van der Waals surface area contributed by atoms with Crippen LogP contribution in [0.4, 0.5) is 0 Å². The summed E-state index contributed by atoms with van der Waals surface area (Å²) in [6.07, 6.45) is 0. The number of benzene rings is 2. The van der Waals surface area contributed by atoms with E-state index in [-0.39, 0.29) is 17.6 Å². The second-order valence-corrected chi connectivity index (χ2v) is 9.01. The van der Waals surface area contributed by atoms with Gasteiger partial charge < -0.3 is 5.32 Å². The second-order valence-electron chi connectivity index (χ2n) is 7.66. The van der Waals surface area contributed by atoms with E-state index in [1.54, 1.807) is 6.92 Å². The molecule has 1 heterocycles. The molecular formula is C23H24ClN5OS. The molecule has 0 bridgehead atoms. The van der Waals surface area contributed by atoms with Crippen LogP contribution < -0.4 is 5.32 Å². The van der Waals surface area contributed by atoms with Crippen LogP contribution in [-0.4, -0.2) is 32.0 Å². The van der Waals surface area contributed by atoms with E-state index in [1.807, 2.05) is 73.0 Å². The van der Waals surface area contributed by atoms with Crippen molar-refractivity contribution in [2.24, 2.45) is 5.92 Å². The highest BCUT2D eigenvalue weighted by Crippen LogP contribution is 2.30. The number of rotatable bonds is 8. The number of thioether (sulfide) groups is 1. The standard InChI is InChI=1S/C23H24ClN5OS/c1-16(2)23(3,15-25)26-20(30)14-31-22-28-27-21(18-11-7-8-12-19(18)24)29(22)13-17-9-5-4-6-10-17/h4-12,16H,13-14H2,1-3H3,(H,26,30). The van der Waals surface area contributed by atoms with Crippen molar-refractivity contribution >= 4 is 29.3 Å². The van der Waals surface area contributed by atoms with Crippen LogP contribution in [0, 0.1) is 17.2 Å². The van der Waals surface area contributed by atoms with Gasteiger partial charge in [-0.2, -0.15) is 5.26 Å². The molecule has 3 aromatic rings. The molecule has 31 heavy (non-hydrogen) atoms. The Labute approximate surface area is 191 Å². The minimum atomic E-state index is -0.919. The van der Waals surface area contributed by atoms with Crippen LogP contribution in [0.1, 0.15) is 26.3 Å². The third-order valence-corrected chi connectivity index (χ3v) is 6.43. The van der Waals surface area contributed by atoms with Gasteiger partial charge in [0.2, 0.25) is 5.91 Å². The summed E-state index contributed by atoms with van der Waals surface area (Å²) in [5, 5.41) is 22.2. The van der Waals surface area contributed by atoms with Crippen LogP contribution in [-0.2, 0) is 11.3 Å². The number of halogens is 1. The van der Waals surface area contributed by atoms with Crippen LogP contribution in [0.25, 0.3) is 11.4 Å². The van der Waals surface area contributed by atoms with Crippen molar-refractivity contribution in [1.29, 1.82) is 5.26 Å². The molecule has 0 spiro atoms. The van der Waals surface area contributed by atoms with Gasteiger partial charge in [0.25, 0.3) is 0 Å². The first-order chi connectivity index (χ1) is 14.8. The van der Waals surface area contributed by atoms with Gasteiger partial charge >= 0.3 is 0 Å². The maximum absolute atomic E-state index is 12.5. The molecule has 2 aromatic carbocycles. The second kappa shape index (κ2) is 9.99. The highest BCUT2D eigenvalue weighted by atomic mass is 35.5. The zero-order valence-corrected chi connectivity index (χ0v) is 19.2. The summed E-state index contributed by atoms with van der Waals surface area (Å²) >= 11 is 7.69. The number of carbonyl (C=O) groups excluding carboxylic acids is 1. The summed E-state index contributed by atoms with van der Waals surface area (Å²) in [6.45, 7) is 6.08. The SMILES string of the molecule is CC(C)C(C)(C#N)NC(=O)CSc1nnc(-c2ccccc2Cl)n1Cc1ccccc1. The first kappa shape index (κ1) is 22.9. The lowest BCUT2D eigenvalue weighted by Crippen LogP contribution is -2.49. The lowest BCUT2D eigenvalue weighted by atomic mass is 9.90. The average molecular weight is 454 g/mol. The molecule has 160 valence electrons. The molecule has 1 aromatic heterocycles. The van der Waals surface area contributed by atoms with Crippen LogP contribution in [0.5, 0.6) is 0 Å². The Morgan fingerprint density at radius 1 is 1.19 bits per heavy atom. The molecule has 0 radical (unpaired) electrons. The van der Waals surface area contributed by atoms with Gasteiger partial charge in [-0.1, -0.05) is 79.7 Å². The van der Waals surface area contributed by atoms with E-state index in [0.717, 1.165) is 11.1 Å². The van der Waals surface area contributed by atoms with E-state index in [9.17, 15) is 10.1 Å². The molecular weight excluding hydrogens is 430 g/mol. The molecule has 1 N–H and O–H groups in total. The molecule has 1 unspecified atom stereocenters. The predicted molar refractivity (Wildman–Crippen MR) is 124 cm³/mol. The summed E-state index contributed by atoms with van der Waals surface area (Å²) < 4.78 is 1.96. The molecule has 0 fully saturated rings. The number of carbonyl (C=O) groups is 1. The highest BCUT2D eigenvalue weighted by Gasteiger charge is 2.30. The fourth-order valence-electron chi connectivity index (χ4n) is 2.90. The van der Waals surface area contributed by atoms with E-state index >= 15 is 0 Å². The molecule has 1 amide bonds. The summed E-state index contributed by atoms with van der Waals surface area (Å²) in [6, 6.07) is 19.6. The first-order valence-corrected chi connectivity index (χ1v) is 11.3. The van der Waals surface area contributed by atoms with E-state index < -0.39 is 5.54 Å². The number of hydrogen-bond donors (Lipinski definition) is 1. The van der Waals surface area contributed by atoms with Crippen LogP contribution >= 0.6 is 23.4 Å². The van der Waals surface area contributed by atoms with Crippen molar-refractivity contribution in [3.8, 4) is 17.5 Å². The number of nitriles is 1. The third-order valence-electron chi connectivity index (χ3n) is 5.13. The Hall–Kier alpha value is -2.82. The third kappa shape index (κ3) is 5.46. The quantitative estimate of drug-likeness (QED) is 0.495. The topological polar surface area (TPSA) is 83.6 Å². The van der Waals surface area contributed by atoms with E-state index in [0.29, 0.717) is 22.5 Å². The molecule has 1 atom stereocenters. The number of nitrogens with one attached hydrogen (secondary N) is 1. The molecule has 0 saturated heterocycles. The molecule has 3 rings (SSSR count). The van der Waals surface area contributed by atoms with Gasteiger partial charge in [-0.05, 0) is 30.5 Å². The fourth-order valence-corrected chi connectivity index (χ4v) is 3.86. The largest absolute Gasteiger partial charge is 0.337 e. The zero-order valence-electron chi connectivity index (χ0n) is 17.7. The lowest BCUT2D eigenvalue weighted by Gasteiger charge is -2.27. The highest BCUT2D eigenvalue weighted by molar-refractivity contribution is 7.99. The first-order valence-electron chi connectivity index (χ1n) is 9.91. The Morgan fingerprint density at radius 3 is 2.52 bits per heavy atom. The fraction of sp³-hybridized carbons (Fsp3) is 0.304. The number of hydrogen-bond acceptors (Lipinski definition) is 5. The van der Waals surface area contributed by atoms with Crippen molar-refractivity contribution in [1.82, 2.24) is 20.1 Å². The van der Waals surface area contributed by atoms with E-state index in [2.05, 4.69) is 21.6 Å². The number of aromatic nitrogens is 3. The van der Waals surface area contributed by atoms with E-state index in [1.165, 1.54) is 11.8 Å². The van der Waals surface area contributed by atoms with Crippen LogP contribution in [0.15, 0.2) is 59.8 Å². The minimum Gasteiger partial charge on any atom is -0.337 e. The summed E-state index contributed by atoms with van der Waals surface area (Å²) in [7, 11) is 0. The van der Waals surface area contributed by atoms with Crippen molar-refractivity contribution in [3.05, 3.63) is 65.2 Å². The molecule has 8 heteroatoms. The Morgan fingerprint density at radius 2 is 1.87 bits per heavy atom. The Bertz CT molecular complexity index is 1090. The van der Waals surface area contributed by atoms with Crippen molar-refractivity contribution in [2.75, 3.05) is 5.75 Å². The molecule has 0 aliphatic carbocycles. The van der Waals surface area contributed by atoms with Crippen LogP contribution in [0.3, 0.4) is 0 Å². The smallest absolute Gasteiger partial charge is 0.231 e. The van der Waals surface area contributed by atoms with Gasteiger partial charge in [0.15, 0.2) is 11.0 Å². The van der Waals surface area contributed by atoms with Gasteiger partial charge in [0.05, 0.1) is 23.4 Å². The monoisotopic (exact) mass is 453 g/mol. The van der Waals surface area contributed by atoms with Gasteiger partial charge in [-0.15, -0.1) is 10.2 Å². The Balaban J connectivity index is 1.86. The van der Waals surface area contributed by atoms with Crippen molar-refractivity contribution < 1.29 is 4.79 Å². The molecule has 0 aliphatic heterocycles. The average Bonchev–Trinajstić information content (AvgIpc) is 3.15. The normalized spacial score (nSPS) is 12.9. The van der Waals surface area contributed by atoms with Crippen LogP contribution in [0.2, 0.25) is 5.02 Å². The molecule has 6 nitrogen and oxygen atoms in total. The van der Waals surface area contributed by atoms with Gasteiger partial charge in [0, 0.05) is 5.56 Å². The number of amides is 1.